The molecule has 1 fully saturated rings. The lowest BCUT2D eigenvalue weighted by Crippen LogP contribution is -2.39. The highest BCUT2D eigenvalue weighted by atomic mass is 31.0. The molecule has 1 aliphatic heterocycles. The molecule has 1 aliphatic rings. The summed E-state index contributed by atoms with van der Waals surface area (Å²) in [4.78, 5) is 10.6. The van der Waals surface area contributed by atoms with E-state index in [1.165, 1.54) is 0 Å². The molecule has 0 radical (unpaired) electrons. The van der Waals surface area contributed by atoms with Crippen LogP contribution in [0.1, 0.15) is 0 Å². The smallest absolute Gasteiger partial charge is 0.380 e. The van der Waals surface area contributed by atoms with Crippen LogP contribution in [0.25, 0.3) is 0 Å². The molecule has 4 atom stereocenters. The minimum atomic E-state index is -3.60. The first kappa shape index (κ1) is 11.2. The van der Waals surface area contributed by atoms with Crippen LogP contribution >= 0.6 is 18.9 Å². The maximum atomic E-state index is 12.9. The van der Waals surface area contributed by atoms with Gasteiger partial charge in [0.15, 0.2) is 12.2 Å². The molecule has 0 aromatic heterocycles. The lowest BCUT2D eigenvalue weighted by molar-refractivity contribution is -0.161. The van der Waals surface area contributed by atoms with Crippen LogP contribution in [0.2, 0.25) is 0 Å². The van der Waals surface area contributed by atoms with Gasteiger partial charge in [-0.2, -0.15) is 8.78 Å². The first-order valence-electron chi connectivity index (χ1n) is 3.30. The van der Waals surface area contributed by atoms with E-state index in [4.69, 9.17) is 0 Å². The zero-order valence-corrected chi connectivity index (χ0v) is 8.71. The van der Waals surface area contributed by atoms with Gasteiger partial charge in [0.2, 0.25) is 0 Å². The highest BCUT2D eigenvalue weighted by Crippen LogP contribution is 2.35. The van der Waals surface area contributed by atoms with Gasteiger partial charge < -0.3 is 13.8 Å². The van der Waals surface area contributed by atoms with Crippen LogP contribution in [0.3, 0.4) is 0 Å². The van der Waals surface area contributed by atoms with Gasteiger partial charge in [-0.1, -0.05) is 0 Å². The molecule has 13 heavy (non-hydrogen) atoms. The number of alkyl halides is 2. The summed E-state index contributed by atoms with van der Waals surface area (Å²) in [5.74, 6) is -5.18. The largest absolute Gasteiger partial charge is 0.452 e. The fraction of sp³-hybridized carbons (Fsp3) is 0.800. The lowest BCUT2D eigenvalue weighted by Gasteiger charge is -2.16. The molecule has 0 aromatic carbocycles. The summed E-state index contributed by atoms with van der Waals surface area (Å²) in [6.07, 6.45) is -2.68. The van der Waals surface area contributed by atoms with Crippen LogP contribution in [0.4, 0.5) is 8.78 Å². The Bertz CT molecular complexity index is 213. The van der Waals surface area contributed by atoms with Crippen molar-refractivity contribution in [3.8, 4) is 0 Å². The topological polar surface area (TPSA) is 44.8 Å². The molecule has 1 saturated heterocycles. The molecule has 4 nitrogen and oxygen atoms in total. The zero-order chi connectivity index (χ0) is 10.1. The van der Waals surface area contributed by atoms with Crippen LogP contribution in [0.15, 0.2) is 0 Å². The van der Waals surface area contributed by atoms with Crippen LogP contribution in [-0.4, -0.2) is 30.7 Å². The Morgan fingerprint density at radius 2 is 2.15 bits per heavy atom. The minimum Gasteiger partial charge on any atom is -0.452 e. The third-order valence-corrected chi connectivity index (χ3v) is 2.12. The van der Waals surface area contributed by atoms with Gasteiger partial charge in [-0.25, -0.2) is 4.79 Å². The Balaban J connectivity index is 2.76. The average molecular weight is 232 g/mol. The van der Waals surface area contributed by atoms with Crippen molar-refractivity contribution < 1.29 is 27.4 Å². The van der Waals surface area contributed by atoms with Crippen LogP contribution in [0, 0.1) is 0 Å². The zero-order valence-electron chi connectivity index (χ0n) is 6.41. The predicted molar refractivity (Wildman–Crippen MR) is 45.1 cm³/mol. The van der Waals surface area contributed by atoms with Crippen LogP contribution < -0.4 is 0 Å². The highest BCUT2D eigenvalue weighted by molar-refractivity contribution is 7.10. The van der Waals surface area contributed by atoms with E-state index in [-0.39, 0.29) is 6.61 Å². The van der Waals surface area contributed by atoms with E-state index in [1.807, 2.05) is 9.47 Å². The number of carbonyl (C=O) groups excluding carboxylic acids is 1. The minimum absolute atomic E-state index is 0.148. The van der Waals surface area contributed by atoms with Gasteiger partial charge in [0.05, 0.1) is 6.61 Å². The summed E-state index contributed by atoms with van der Waals surface area (Å²) in [5.41, 5.74) is 0. The van der Waals surface area contributed by atoms with Crippen molar-refractivity contribution in [2.45, 2.75) is 18.1 Å². The first-order chi connectivity index (χ1) is 6.04. The van der Waals surface area contributed by atoms with Crippen molar-refractivity contribution in [3.05, 3.63) is 0 Å². The number of esters is 1. The quantitative estimate of drug-likeness (QED) is 0.526. The number of rotatable bonds is 3. The molecule has 0 spiro atoms. The summed E-state index contributed by atoms with van der Waals surface area (Å²) in [5, 5.41) is 0. The van der Waals surface area contributed by atoms with Crippen molar-refractivity contribution in [3.63, 3.8) is 0 Å². The van der Waals surface area contributed by atoms with Gasteiger partial charge in [0, 0.05) is 18.9 Å². The molecule has 0 aliphatic carbocycles. The van der Waals surface area contributed by atoms with E-state index >= 15 is 0 Å². The monoisotopic (exact) mass is 232 g/mol. The van der Waals surface area contributed by atoms with Crippen LogP contribution in [0.5, 0.6) is 0 Å². The number of hydrogen-bond donors (Lipinski definition) is 0. The van der Waals surface area contributed by atoms with Crippen molar-refractivity contribution in [2.75, 3.05) is 6.61 Å². The van der Waals surface area contributed by atoms with Gasteiger partial charge in [0.25, 0.3) is 0 Å². The Morgan fingerprint density at radius 3 is 2.62 bits per heavy atom. The molecule has 0 bridgehead atoms. The molecule has 0 aromatic rings. The molecular formula is C5H8F2O4P2. The molecule has 76 valence electrons. The Kier molecular flexibility index (Phi) is 3.52. The van der Waals surface area contributed by atoms with E-state index in [0.29, 0.717) is 0 Å². The second-order valence-electron chi connectivity index (χ2n) is 2.46. The highest BCUT2D eigenvalue weighted by Gasteiger charge is 2.60. The Morgan fingerprint density at radius 1 is 1.54 bits per heavy atom. The van der Waals surface area contributed by atoms with Gasteiger partial charge in [-0.3, -0.25) is 0 Å². The van der Waals surface area contributed by atoms with Crippen LogP contribution in [-0.2, 0) is 18.6 Å². The fourth-order valence-corrected chi connectivity index (χ4v) is 1.55. The third-order valence-electron chi connectivity index (χ3n) is 1.63. The predicted octanol–water partition coefficient (Wildman–Crippen LogP) is 0.529. The Hall–Kier alpha value is 0.110. The van der Waals surface area contributed by atoms with Gasteiger partial charge in [-0.15, -0.1) is 0 Å². The SMILES string of the molecule is O=C1O[C@H](COP)[C@H](OP)C1(F)F. The second kappa shape index (κ2) is 4.09. The van der Waals surface area contributed by atoms with E-state index in [9.17, 15) is 13.6 Å². The molecule has 0 saturated carbocycles. The van der Waals surface area contributed by atoms with Crippen molar-refractivity contribution in [1.29, 1.82) is 0 Å². The van der Waals surface area contributed by atoms with Gasteiger partial charge >= 0.3 is 11.9 Å². The van der Waals surface area contributed by atoms with E-state index in [2.05, 4.69) is 13.8 Å². The molecule has 2 unspecified atom stereocenters. The Labute approximate surface area is 77.9 Å². The third kappa shape index (κ3) is 1.96. The maximum absolute atomic E-state index is 12.9. The molecule has 1 heterocycles. The molecule has 0 amide bonds. The maximum Gasteiger partial charge on any atom is 0.380 e. The number of halogens is 2. The number of cyclic esters (lactones) is 1. The van der Waals surface area contributed by atoms with Crippen molar-refractivity contribution in [1.82, 2.24) is 0 Å². The summed E-state index contributed by atoms with van der Waals surface area (Å²) in [7, 11) is 3.56. The summed E-state index contributed by atoms with van der Waals surface area (Å²) < 4.78 is 39.1. The second-order valence-corrected chi connectivity index (χ2v) is 3.06. The normalized spacial score (nSPS) is 31.8. The number of ether oxygens (including phenoxy) is 1. The fourth-order valence-electron chi connectivity index (χ4n) is 1.02. The number of carbonyl (C=O) groups is 1. The summed E-state index contributed by atoms with van der Waals surface area (Å²) in [6, 6.07) is 0. The summed E-state index contributed by atoms with van der Waals surface area (Å²) >= 11 is 0. The first-order valence-corrected chi connectivity index (χ1v) is 4.24. The average Bonchev–Trinajstić information content (AvgIpc) is 2.24. The molecule has 8 heteroatoms. The molecular weight excluding hydrogens is 224 g/mol. The number of hydrogen-bond acceptors (Lipinski definition) is 4. The van der Waals surface area contributed by atoms with E-state index < -0.39 is 24.1 Å². The van der Waals surface area contributed by atoms with Crippen molar-refractivity contribution >= 4 is 24.9 Å². The van der Waals surface area contributed by atoms with Crippen molar-refractivity contribution in [2.24, 2.45) is 0 Å². The molecule has 0 N–H and O–H groups in total. The van der Waals surface area contributed by atoms with Gasteiger partial charge in [-0.05, 0) is 0 Å². The van der Waals surface area contributed by atoms with E-state index in [0.717, 1.165) is 0 Å². The molecule has 1 rings (SSSR count). The lowest BCUT2D eigenvalue weighted by atomic mass is 10.1. The summed E-state index contributed by atoms with van der Waals surface area (Å²) in [6.45, 7) is -0.148. The standard InChI is InChI=1S/C5H8F2O4P2/c6-5(7)3(11-13)2(1-9-12)10-4(5)8/h2-3H,1,12-13H2/t2-,3+/m1/s1. The van der Waals surface area contributed by atoms with Gasteiger partial charge in [0.1, 0.15) is 0 Å². The van der Waals surface area contributed by atoms with E-state index in [1.54, 1.807) is 9.47 Å².